The first-order chi connectivity index (χ1) is 58.1. The number of anilines is 12. The fraction of sp³-hybridized carbons (Fsp3) is 0.0182. The number of nitrogens with zero attached hydrogens (tertiary/aromatic N) is 4. The van der Waals surface area contributed by atoms with Crippen LogP contribution in [0.4, 0.5) is 68.2 Å². The Morgan fingerprint density at radius 2 is 0.521 bits per heavy atom. The van der Waals surface area contributed by atoms with Crippen LogP contribution in [0.25, 0.3) is 22.3 Å². The number of rotatable bonds is 10. The number of benzene rings is 18. The summed E-state index contributed by atoms with van der Waals surface area (Å²) in [6, 6.07) is 171. The van der Waals surface area contributed by atoms with E-state index in [0.29, 0.717) is 0 Å². The van der Waals surface area contributed by atoms with Gasteiger partial charge in [0.05, 0.1) is 22.2 Å². The van der Waals surface area contributed by atoms with Crippen LogP contribution in [0, 0.1) is 0 Å². The average molecular weight is 1500 g/mol. The smallest absolute Gasteiger partial charge is 0.246 e. The molecule has 24 rings (SSSR count). The Hall–Kier alpha value is -14.5. The molecule has 6 aliphatic rings. The van der Waals surface area contributed by atoms with Crippen molar-refractivity contribution in [2.45, 2.75) is 10.8 Å². The van der Waals surface area contributed by atoms with Crippen LogP contribution in [0.5, 0.6) is 0 Å². The van der Waals surface area contributed by atoms with Crippen molar-refractivity contribution in [3.8, 4) is 22.3 Å². The second-order valence-electron chi connectivity index (χ2n) is 31.9. The second kappa shape index (κ2) is 26.3. The molecule has 7 heteroatoms. The molecule has 18 aromatic carbocycles. The summed E-state index contributed by atoms with van der Waals surface area (Å²) in [7, 11) is -3.02. The van der Waals surface area contributed by atoms with E-state index >= 15 is 0 Å². The van der Waals surface area contributed by atoms with E-state index in [1.807, 2.05) is 0 Å². The molecule has 1 unspecified atom stereocenters. The van der Waals surface area contributed by atoms with E-state index in [9.17, 15) is 0 Å². The lowest BCUT2D eigenvalue weighted by molar-refractivity contribution is 0.731. The zero-order valence-electron chi connectivity index (χ0n) is 64.2. The van der Waals surface area contributed by atoms with Crippen LogP contribution in [0.15, 0.2) is 449 Å². The third kappa shape index (κ3) is 9.37. The van der Waals surface area contributed by atoms with Crippen molar-refractivity contribution in [3.63, 3.8) is 0 Å². The summed E-state index contributed by atoms with van der Waals surface area (Å²) in [6.07, 6.45) is 0. The summed E-state index contributed by atoms with van der Waals surface area (Å²) in [5.74, 6) is 0. The Labute approximate surface area is 684 Å². The zero-order valence-corrected chi connectivity index (χ0v) is 65.2. The van der Waals surface area contributed by atoms with Gasteiger partial charge in [-0.25, -0.2) is 0 Å². The Bertz CT molecular complexity index is 6390. The lowest BCUT2D eigenvalue weighted by Crippen LogP contribution is -2.77. The van der Waals surface area contributed by atoms with Crippen molar-refractivity contribution >= 4 is 143 Å². The third-order valence-electron chi connectivity index (χ3n) is 26.5. The van der Waals surface area contributed by atoms with Gasteiger partial charge in [0.2, 0.25) is 13.4 Å². The number of para-hydroxylation sites is 8. The molecule has 0 amide bonds. The summed E-state index contributed by atoms with van der Waals surface area (Å²) in [5, 5.41) is 5.43. The van der Waals surface area contributed by atoms with Gasteiger partial charge >= 0.3 is 0 Å². The highest BCUT2D eigenvalue weighted by atomic mass is 28.3. The molecule has 4 aliphatic heterocycles. The van der Waals surface area contributed by atoms with Crippen molar-refractivity contribution < 1.29 is 0 Å². The van der Waals surface area contributed by atoms with Crippen LogP contribution in [-0.2, 0) is 10.8 Å². The Morgan fingerprint density at radius 3 is 0.932 bits per heavy atom. The summed E-state index contributed by atoms with van der Waals surface area (Å²) < 4.78 is 0. The van der Waals surface area contributed by atoms with E-state index in [1.165, 1.54) is 149 Å². The van der Waals surface area contributed by atoms with Crippen LogP contribution in [0.1, 0.15) is 44.5 Å². The molecule has 1 atom stereocenters. The predicted molar refractivity (Wildman–Crippen MR) is 493 cm³/mol. The van der Waals surface area contributed by atoms with Gasteiger partial charge in [-0.2, -0.15) is 0 Å². The molecule has 18 aromatic rings. The van der Waals surface area contributed by atoms with Crippen LogP contribution in [0.3, 0.4) is 0 Å². The van der Waals surface area contributed by atoms with Crippen molar-refractivity contribution in [2.24, 2.45) is 0 Å². The lowest BCUT2D eigenvalue weighted by atomic mass is 9.35. The molecule has 4 nitrogen and oxygen atoms in total. The standard InChI is InChI=1S/C110H74B2N4Si/c1-9-37-75(38-10-1)109(76-39-11-2-12-40-76)89-53-25-29-57-97(89)113(98-58-30-26-54-90(98)109)81-65-67-87-85(73-81)105-91(69-71-95-107(105)115(79-45-17-5-18-46-79)99-59-31-27-55-93(99)111(95)77-41-13-3-14-42-77)110(87)88-68-66-82(114-101-61-33-35-63-103(101)117(83-49-21-7-22-50-83,84-51-23-8-24-52-84)104-64-36-34-62-102(104)114)74-86(88)106-92(110)70-72-96-108(106)116(80-47-19-6-20-48-80)100-60-32-28-56-94(100)112(96)78-43-15-4-16-44-78/h1-74H. The third-order valence-corrected chi connectivity index (χ3v) is 31.3. The van der Waals surface area contributed by atoms with Gasteiger partial charge in [0.15, 0.2) is 8.07 Å². The monoisotopic (exact) mass is 1500 g/mol. The van der Waals surface area contributed by atoms with Crippen LogP contribution < -0.4 is 73.1 Å². The van der Waals surface area contributed by atoms with E-state index in [2.05, 4.69) is 469 Å². The molecule has 0 aromatic heterocycles. The molecule has 117 heavy (non-hydrogen) atoms. The van der Waals surface area contributed by atoms with Gasteiger partial charge in [-0.05, 0) is 183 Å². The van der Waals surface area contributed by atoms with Crippen LogP contribution in [-0.4, -0.2) is 21.5 Å². The number of fused-ring (bicyclic) bond motifs is 20. The maximum absolute atomic E-state index is 3.02. The summed E-state index contributed by atoms with van der Waals surface area (Å²) in [4.78, 5) is 10.5. The molecule has 0 bridgehead atoms. The second-order valence-corrected chi connectivity index (χ2v) is 35.6. The Kier molecular flexibility index (Phi) is 15.1. The van der Waals surface area contributed by atoms with Crippen LogP contribution in [0.2, 0.25) is 0 Å². The molecular weight excluding hydrogens is 1430 g/mol. The molecule has 0 saturated carbocycles. The summed E-state index contributed by atoms with van der Waals surface area (Å²) in [5.41, 5.74) is 34.4. The zero-order chi connectivity index (χ0) is 76.9. The minimum atomic E-state index is -3.02. The predicted octanol–water partition coefficient (Wildman–Crippen LogP) is 20.0. The maximum atomic E-state index is 2.63. The first-order valence-corrected chi connectivity index (χ1v) is 43.0. The van der Waals surface area contributed by atoms with Crippen molar-refractivity contribution in [2.75, 3.05) is 19.6 Å². The molecule has 544 valence electrons. The lowest BCUT2D eigenvalue weighted by Gasteiger charge is -2.46. The molecule has 0 fully saturated rings. The van der Waals surface area contributed by atoms with E-state index < -0.39 is 18.9 Å². The van der Waals surface area contributed by atoms with Gasteiger partial charge < -0.3 is 19.6 Å². The fourth-order valence-corrected chi connectivity index (χ4v) is 27.2. The average Bonchev–Trinajstić information content (AvgIpc) is 1.50. The topological polar surface area (TPSA) is 13.0 Å². The molecular formula is C110H74B2N4Si. The van der Waals surface area contributed by atoms with Gasteiger partial charge in [0.1, 0.15) is 0 Å². The first kappa shape index (κ1) is 67.1. The van der Waals surface area contributed by atoms with Gasteiger partial charge in [-0.3, -0.25) is 0 Å². The largest absolute Gasteiger partial charge is 0.311 e. The molecule has 4 heterocycles. The highest BCUT2D eigenvalue weighted by molar-refractivity contribution is 7.21. The minimum absolute atomic E-state index is 0.106. The molecule has 2 aliphatic carbocycles. The molecule has 0 N–H and O–H groups in total. The Balaban J connectivity index is 0.839. The number of hydrogen-bond donors (Lipinski definition) is 0. The maximum Gasteiger partial charge on any atom is 0.246 e. The molecule has 1 spiro atoms. The first-order valence-electron chi connectivity index (χ1n) is 41.0. The van der Waals surface area contributed by atoms with E-state index in [-0.39, 0.29) is 13.4 Å². The quantitative estimate of drug-likeness (QED) is 0.127. The van der Waals surface area contributed by atoms with Gasteiger partial charge in [0.25, 0.3) is 0 Å². The summed E-state index contributed by atoms with van der Waals surface area (Å²) in [6.45, 7) is -0.213. The molecule has 0 radical (unpaired) electrons. The highest BCUT2D eigenvalue weighted by Gasteiger charge is 2.58. The van der Waals surface area contributed by atoms with Crippen molar-refractivity contribution in [1.82, 2.24) is 0 Å². The fourth-order valence-electron chi connectivity index (χ4n) is 22.1. The van der Waals surface area contributed by atoms with E-state index in [0.717, 1.165) is 39.8 Å². The minimum Gasteiger partial charge on any atom is -0.311 e. The normalized spacial score (nSPS) is 15.4. The summed E-state index contributed by atoms with van der Waals surface area (Å²) >= 11 is 0. The SMILES string of the molecule is c1ccc(B2c3ccccc3N(c3ccccc3)c3c2ccc2c3-c3cc(N4c5ccccc5C(c5ccccc5)(c5ccccc5)c5ccccc54)ccc3C23c2ccc(N4c5ccccc5[Si](c5ccccc5)(c5ccccc5)c5ccccc54)cc2-c2c3ccc3c2N(c2ccccc2)c2ccccc2B3c2ccccc2)cc1. The van der Waals surface area contributed by atoms with Gasteiger partial charge in [0, 0.05) is 68.0 Å². The van der Waals surface area contributed by atoms with Gasteiger partial charge in [-0.15, -0.1) is 0 Å². The number of hydrogen-bond acceptors (Lipinski definition) is 4. The Morgan fingerprint density at radius 1 is 0.205 bits per heavy atom. The molecule has 0 saturated heterocycles. The van der Waals surface area contributed by atoms with Gasteiger partial charge in [-0.1, -0.05) is 375 Å². The highest BCUT2D eigenvalue weighted by Crippen LogP contribution is 2.68. The van der Waals surface area contributed by atoms with E-state index in [1.54, 1.807) is 0 Å². The van der Waals surface area contributed by atoms with E-state index in [4.69, 9.17) is 0 Å². The van der Waals surface area contributed by atoms with Crippen LogP contribution >= 0.6 is 0 Å². The van der Waals surface area contributed by atoms with Crippen molar-refractivity contribution in [3.05, 3.63) is 493 Å². The van der Waals surface area contributed by atoms with Crippen molar-refractivity contribution in [1.29, 1.82) is 0 Å².